The van der Waals surface area contributed by atoms with Gasteiger partial charge in [0.25, 0.3) is 11.6 Å². The standard InChI is InChI=1S/C28H23N3O8/c1-36-24-14-18(15-25(37-2)26(24)38-3)28(33)39-23-12-11-20(31(34)35)13-19(23)16-29-30-27(32)22-10-6-8-17-7-4-5-9-21(17)22/h4-16H,1-3H3,(H,30,32)/b29-16+. The van der Waals surface area contributed by atoms with E-state index in [2.05, 4.69) is 10.5 Å². The Morgan fingerprint density at radius 2 is 1.56 bits per heavy atom. The normalized spacial score (nSPS) is 10.7. The van der Waals surface area contributed by atoms with Gasteiger partial charge in [0.15, 0.2) is 11.5 Å². The maximum Gasteiger partial charge on any atom is 0.343 e. The largest absolute Gasteiger partial charge is 0.493 e. The van der Waals surface area contributed by atoms with E-state index >= 15 is 0 Å². The van der Waals surface area contributed by atoms with Gasteiger partial charge in [0.05, 0.1) is 38.0 Å². The predicted octanol–water partition coefficient (Wildman–Crippen LogP) is 4.76. The van der Waals surface area contributed by atoms with Crippen molar-refractivity contribution in [2.24, 2.45) is 5.10 Å². The number of carbonyl (C=O) groups excluding carboxylic acids is 2. The summed E-state index contributed by atoms with van der Waals surface area (Å²) in [6.07, 6.45) is 1.16. The average molecular weight is 530 g/mol. The van der Waals surface area contributed by atoms with Gasteiger partial charge < -0.3 is 18.9 Å². The van der Waals surface area contributed by atoms with Crippen LogP contribution in [0.25, 0.3) is 10.8 Å². The van der Waals surface area contributed by atoms with Crippen LogP contribution in [0.3, 0.4) is 0 Å². The van der Waals surface area contributed by atoms with Gasteiger partial charge >= 0.3 is 5.97 Å². The second kappa shape index (κ2) is 11.7. The molecule has 0 radical (unpaired) electrons. The third-order valence-corrected chi connectivity index (χ3v) is 5.71. The smallest absolute Gasteiger partial charge is 0.343 e. The molecular weight excluding hydrogens is 506 g/mol. The molecule has 0 atom stereocenters. The number of hydrogen-bond donors (Lipinski definition) is 1. The first-order valence-electron chi connectivity index (χ1n) is 11.5. The van der Waals surface area contributed by atoms with Crippen LogP contribution in [-0.4, -0.2) is 44.3 Å². The number of carbonyl (C=O) groups is 2. The van der Waals surface area contributed by atoms with Gasteiger partial charge in [0.2, 0.25) is 5.75 Å². The number of ether oxygens (including phenoxy) is 4. The molecule has 198 valence electrons. The number of benzene rings is 4. The molecule has 0 spiro atoms. The molecule has 0 unspecified atom stereocenters. The Kier molecular flexibility index (Phi) is 8.00. The number of nitrogens with zero attached hydrogens (tertiary/aromatic N) is 2. The number of methoxy groups -OCH3 is 3. The van der Waals surface area contributed by atoms with Gasteiger partial charge in [-0.2, -0.15) is 5.10 Å². The molecule has 0 aliphatic rings. The average Bonchev–Trinajstić information content (AvgIpc) is 2.96. The molecule has 0 saturated heterocycles. The molecule has 4 rings (SSSR count). The molecule has 0 aliphatic carbocycles. The second-order valence-corrected chi connectivity index (χ2v) is 8.01. The fraction of sp³-hybridized carbons (Fsp3) is 0.107. The van der Waals surface area contributed by atoms with E-state index in [9.17, 15) is 19.7 Å². The molecule has 0 aliphatic heterocycles. The number of hydrazone groups is 1. The number of hydrogen-bond acceptors (Lipinski definition) is 9. The molecule has 1 amide bonds. The highest BCUT2D eigenvalue weighted by Gasteiger charge is 2.20. The quantitative estimate of drug-likeness (QED) is 0.108. The summed E-state index contributed by atoms with van der Waals surface area (Å²) in [7, 11) is 4.24. The van der Waals surface area contributed by atoms with E-state index in [1.165, 1.54) is 51.7 Å². The number of fused-ring (bicyclic) bond motifs is 1. The molecule has 0 heterocycles. The predicted molar refractivity (Wildman–Crippen MR) is 143 cm³/mol. The van der Waals surface area contributed by atoms with E-state index in [1.807, 2.05) is 30.3 Å². The van der Waals surface area contributed by atoms with Gasteiger partial charge in [-0.1, -0.05) is 36.4 Å². The highest BCUT2D eigenvalue weighted by Crippen LogP contribution is 2.38. The zero-order valence-corrected chi connectivity index (χ0v) is 21.2. The lowest BCUT2D eigenvalue weighted by molar-refractivity contribution is -0.384. The number of amides is 1. The molecule has 0 bridgehead atoms. The van der Waals surface area contributed by atoms with Gasteiger partial charge in [0, 0.05) is 23.3 Å². The summed E-state index contributed by atoms with van der Waals surface area (Å²) in [5.41, 5.74) is 2.72. The third-order valence-electron chi connectivity index (χ3n) is 5.71. The topological polar surface area (TPSA) is 139 Å². The lowest BCUT2D eigenvalue weighted by Gasteiger charge is -2.14. The van der Waals surface area contributed by atoms with Crippen molar-refractivity contribution in [1.82, 2.24) is 5.43 Å². The van der Waals surface area contributed by atoms with Crippen LogP contribution in [0.1, 0.15) is 26.3 Å². The summed E-state index contributed by atoms with van der Waals surface area (Å²) in [6.45, 7) is 0. The van der Waals surface area contributed by atoms with E-state index in [4.69, 9.17) is 18.9 Å². The van der Waals surface area contributed by atoms with Crippen LogP contribution in [0.2, 0.25) is 0 Å². The van der Waals surface area contributed by atoms with Crippen LogP contribution in [0, 0.1) is 10.1 Å². The van der Waals surface area contributed by atoms with Crippen molar-refractivity contribution in [3.05, 3.63) is 99.6 Å². The molecule has 0 saturated carbocycles. The third kappa shape index (κ3) is 5.77. The molecule has 4 aromatic rings. The van der Waals surface area contributed by atoms with E-state index in [0.29, 0.717) is 11.3 Å². The van der Waals surface area contributed by atoms with Gasteiger partial charge in [-0.05, 0) is 35.0 Å². The van der Waals surface area contributed by atoms with Crippen molar-refractivity contribution in [2.45, 2.75) is 0 Å². The Balaban J connectivity index is 1.61. The molecule has 4 aromatic carbocycles. The fourth-order valence-corrected chi connectivity index (χ4v) is 3.85. The Labute approximate surface area is 222 Å². The Hall–Kier alpha value is -5.45. The van der Waals surface area contributed by atoms with Crippen LogP contribution >= 0.6 is 0 Å². The van der Waals surface area contributed by atoms with Crippen LogP contribution < -0.4 is 24.4 Å². The SMILES string of the molecule is COc1cc(C(=O)Oc2ccc([N+](=O)[O-])cc2/C=N/NC(=O)c2cccc3ccccc23)cc(OC)c1OC. The first-order chi connectivity index (χ1) is 18.9. The van der Waals surface area contributed by atoms with E-state index in [-0.39, 0.29) is 34.1 Å². The van der Waals surface area contributed by atoms with Crippen molar-refractivity contribution >= 4 is 34.6 Å². The number of nitro groups is 1. The van der Waals surface area contributed by atoms with Crippen molar-refractivity contribution < 1.29 is 33.5 Å². The fourth-order valence-electron chi connectivity index (χ4n) is 3.85. The molecule has 39 heavy (non-hydrogen) atoms. The maximum absolute atomic E-state index is 13.0. The monoisotopic (exact) mass is 529 g/mol. The van der Waals surface area contributed by atoms with Crippen molar-refractivity contribution in [1.29, 1.82) is 0 Å². The molecule has 11 heteroatoms. The zero-order valence-electron chi connectivity index (χ0n) is 21.2. The number of nitrogens with one attached hydrogen (secondary N) is 1. The highest BCUT2D eigenvalue weighted by molar-refractivity contribution is 6.07. The minimum absolute atomic E-state index is 0.0255. The summed E-state index contributed by atoms with van der Waals surface area (Å²) < 4.78 is 21.3. The van der Waals surface area contributed by atoms with Crippen LogP contribution in [-0.2, 0) is 0 Å². The molecule has 0 fully saturated rings. The van der Waals surface area contributed by atoms with Crippen molar-refractivity contribution in [2.75, 3.05) is 21.3 Å². The van der Waals surface area contributed by atoms with Gasteiger partial charge in [-0.25, -0.2) is 10.2 Å². The first kappa shape index (κ1) is 26.6. The van der Waals surface area contributed by atoms with Crippen LogP contribution in [0.4, 0.5) is 5.69 Å². The van der Waals surface area contributed by atoms with E-state index in [0.717, 1.165) is 17.0 Å². The molecule has 1 N–H and O–H groups in total. The van der Waals surface area contributed by atoms with Crippen LogP contribution in [0.5, 0.6) is 23.0 Å². The van der Waals surface area contributed by atoms with Gasteiger partial charge in [-0.15, -0.1) is 0 Å². The minimum atomic E-state index is -0.794. The lowest BCUT2D eigenvalue weighted by Crippen LogP contribution is -2.18. The zero-order chi connectivity index (χ0) is 27.9. The van der Waals surface area contributed by atoms with Crippen molar-refractivity contribution in [3.63, 3.8) is 0 Å². The van der Waals surface area contributed by atoms with Gasteiger partial charge in [-0.3, -0.25) is 14.9 Å². The maximum atomic E-state index is 13.0. The highest BCUT2D eigenvalue weighted by atomic mass is 16.6. The Morgan fingerprint density at radius 3 is 2.23 bits per heavy atom. The molecule has 11 nitrogen and oxygen atoms in total. The summed E-state index contributed by atoms with van der Waals surface area (Å²) in [5.74, 6) is -0.526. The lowest BCUT2D eigenvalue weighted by atomic mass is 10.0. The number of rotatable bonds is 9. The number of non-ortho nitro benzene ring substituents is 1. The summed E-state index contributed by atoms with van der Waals surface area (Å²) in [6, 6.07) is 19.1. The molecular formula is C28H23N3O8. The minimum Gasteiger partial charge on any atom is -0.493 e. The van der Waals surface area contributed by atoms with Gasteiger partial charge in [0.1, 0.15) is 5.75 Å². The molecule has 0 aromatic heterocycles. The summed E-state index contributed by atoms with van der Waals surface area (Å²) in [4.78, 5) is 36.5. The summed E-state index contributed by atoms with van der Waals surface area (Å²) >= 11 is 0. The van der Waals surface area contributed by atoms with E-state index < -0.39 is 16.8 Å². The van der Waals surface area contributed by atoms with Crippen LogP contribution in [0.15, 0.2) is 77.9 Å². The summed E-state index contributed by atoms with van der Waals surface area (Å²) in [5, 5.41) is 16.9. The Bertz CT molecular complexity index is 1570. The van der Waals surface area contributed by atoms with Crippen molar-refractivity contribution in [3.8, 4) is 23.0 Å². The first-order valence-corrected chi connectivity index (χ1v) is 11.5. The van der Waals surface area contributed by atoms with E-state index in [1.54, 1.807) is 12.1 Å². The Morgan fingerprint density at radius 1 is 0.872 bits per heavy atom. The second-order valence-electron chi connectivity index (χ2n) is 8.01. The number of nitro benzene ring substituents is 1. The number of esters is 1.